The summed E-state index contributed by atoms with van der Waals surface area (Å²) in [6.07, 6.45) is 0.197. The van der Waals surface area contributed by atoms with E-state index in [0.29, 0.717) is 22.8 Å². The van der Waals surface area contributed by atoms with Crippen molar-refractivity contribution < 1.29 is 19.1 Å². The molecule has 140 valence electrons. The minimum Gasteiger partial charge on any atom is -0.482 e. The smallest absolute Gasteiger partial charge is 0.265 e. The first-order chi connectivity index (χ1) is 13.0. The molecule has 3 amide bonds. The maximum absolute atomic E-state index is 12.9. The van der Waals surface area contributed by atoms with E-state index in [9.17, 15) is 14.4 Å². The lowest BCUT2D eigenvalue weighted by Gasteiger charge is -2.28. The van der Waals surface area contributed by atoms with Crippen molar-refractivity contribution in [2.75, 3.05) is 22.1 Å². The molecule has 1 atom stereocenters. The Bertz CT molecular complexity index is 881. The number of carbonyl (C=O) groups excluding carboxylic acids is 3. The highest BCUT2D eigenvalue weighted by atomic mass is 16.5. The molecule has 0 fully saturated rings. The standard InChI is InChI=1S/C20H21N3O4/c1-13-11-19(25)22-15-7-3-5-9-17(15)23(13)20(26)12-27-18-10-6-4-8-16(18)21-14(2)24/h3-10,13H,11-12H2,1-2H3,(H,21,24)(H,22,25)/t13-/m1/s1. The molecule has 2 aromatic carbocycles. The van der Waals surface area contributed by atoms with Crippen molar-refractivity contribution in [3.63, 3.8) is 0 Å². The molecule has 0 radical (unpaired) electrons. The Kier molecular flexibility index (Phi) is 5.40. The predicted molar refractivity (Wildman–Crippen MR) is 103 cm³/mol. The Balaban J connectivity index is 1.80. The van der Waals surface area contributed by atoms with Crippen LogP contribution in [0.5, 0.6) is 5.75 Å². The van der Waals surface area contributed by atoms with E-state index in [1.807, 2.05) is 13.0 Å². The molecule has 1 aliphatic heterocycles. The van der Waals surface area contributed by atoms with Gasteiger partial charge in [0.15, 0.2) is 6.61 Å². The van der Waals surface area contributed by atoms with Crippen LogP contribution in [0.2, 0.25) is 0 Å². The zero-order valence-electron chi connectivity index (χ0n) is 15.2. The molecule has 1 aliphatic rings. The SMILES string of the molecule is CC(=O)Nc1ccccc1OCC(=O)N1c2ccccc2NC(=O)C[C@H]1C. The minimum atomic E-state index is -0.310. The molecule has 1 heterocycles. The van der Waals surface area contributed by atoms with Crippen molar-refractivity contribution in [1.82, 2.24) is 0 Å². The molecule has 2 N–H and O–H groups in total. The highest BCUT2D eigenvalue weighted by molar-refractivity contribution is 6.04. The maximum atomic E-state index is 12.9. The van der Waals surface area contributed by atoms with Gasteiger partial charge in [0.2, 0.25) is 11.8 Å². The summed E-state index contributed by atoms with van der Waals surface area (Å²) in [7, 11) is 0. The molecule has 7 heteroatoms. The zero-order valence-corrected chi connectivity index (χ0v) is 15.2. The van der Waals surface area contributed by atoms with Crippen LogP contribution in [-0.2, 0) is 14.4 Å². The van der Waals surface area contributed by atoms with Gasteiger partial charge in [0.05, 0.1) is 17.1 Å². The van der Waals surface area contributed by atoms with Crippen molar-refractivity contribution in [1.29, 1.82) is 0 Å². The third kappa shape index (κ3) is 4.25. The van der Waals surface area contributed by atoms with Gasteiger partial charge in [-0.05, 0) is 31.2 Å². The van der Waals surface area contributed by atoms with Crippen molar-refractivity contribution in [2.24, 2.45) is 0 Å². The van der Waals surface area contributed by atoms with E-state index in [2.05, 4.69) is 10.6 Å². The normalized spacial score (nSPS) is 16.0. The van der Waals surface area contributed by atoms with E-state index in [-0.39, 0.29) is 36.8 Å². The van der Waals surface area contributed by atoms with E-state index in [4.69, 9.17) is 4.74 Å². The van der Waals surface area contributed by atoms with Crippen LogP contribution in [0.1, 0.15) is 20.3 Å². The van der Waals surface area contributed by atoms with Crippen molar-refractivity contribution >= 4 is 34.8 Å². The third-order valence-electron chi connectivity index (χ3n) is 4.18. The molecule has 3 rings (SSSR count). The summed E-state index contributed by atoms with van der Waals surface area (Å²) in [6, 6.07) is 13.8. The van der Waals surface area contributed by atoms with Crippen LogP contribution in [0.3, 0.4) is 0 Å². The molecule has 0 aliphatic carbocycles. The summed E-state index contributed by atoms with van der Waals surface area (Å²) in [5.41, 5.74) is 1.73. The molecule has 0 saturated heterocycles. The van der Waals surface area contributed by atoms with Gasteiger partial charge in [0.1, 0.15) is 5.75 Å². The monoisotopic (exact) mass is 367 g/mol. The number of fused-ring (bicyclic) bond motifs is 1. The number of benzene rings is 2. The minimum absolute atomic E-state index is 0.137. The largest absolute Gasteiger partial charge is 0.482 e. The number of amides is 3. The Morgan fingerprint density at radius 1 is 1.19 bits per heavy atom. The van der Waals surface area contributed by atoms with Gasteiger partial charge in [0, 0.05) is 19.4 Å². The van der Waals surface area contributed by atoms with E-state index in [1.165, 1.54) is 6.92 Å². The Labute approximate surface area is 157 Å². The van der Waals surface area contributed by atoms with Crippen LogP contribution >= 0.6 is 0 Å². The highest BCUT2D eigenvalue weighted by Gasteiger charge is 2.29. The summed E-state index contributed by atoms with van der Waals surface area (Å²) in [6.45, 7) is 3.01. The fraction of sp³-hybridized carbons (Fsp3) is 0.250. The number of ether oxygens (including phenoxy) is 1. The number of hydrogen-bond donors (Lipinski definition) is 2. The van der Waals surface area contributed by atoms with Gasteiger partial charge < -0.3 is 20.3 Å². The summed E-state index contributed by atoms with van der Waals surface area (Å²) < 4.78 is 5.67. The van der Waals surface area contributed by atoms with E-state index in [0.717, 1.165) is 0 Å². The van der Waals surface area contributed by atoms with Gasteiger partial charge in [-0.2, -0.15) is 0 Å². The van der Waals surface area contributed by atoms with E-state index >= 15 is 0 Å². The van der Waals surface area contributed by atoms with Crippen LogP contribution < -0.4 is 20.3 Å². The van der Waals surface area contributed by atoms with Crippen LogP contribution in [0.4, 0.5) is 17.1 Å². The molecular weight excluding hydrogens is 346 g/mol. The Hall–Kier alpha value is -3.35. The Morgan fingerprint density at radius 2 is 1.89 bits per heavy atom. The first-order valence-corrected chi connectivity index (χ1v) is 8.66. The average molecular weight is 367 g/mol. The fourth-order valence-corrected chi connectivity index (χ4v) is 3.06. The lowest BCUT2D eigenvalue weighted by atomic mass is 10.1. The lowest BCUT2D eigenvalue weighted by Crippen LogP contribution is -2.41. The van der Waals surface area contributed by atoms with Crippen LogP contribution in [-0.4, -0.2) is 30.4 Å². The lowest BCUT2D eigenvalue weighted by molar-refractivity contribution is -0.121. The number of para-hydroxylation sites is 4. The number of nitrogens with zero attached hydrogens (tertiary/aromatic N) is 1. The fourth-order valence-electron chi connectivity index (χ4n) is 3.06. The van der Waals surface area contributed by atoms with Crippen LogP contribution in [0.25, 0.3) is 0 Å². The molecule has 0 bridgehead atoms. The molecule has 0 unspecified atom stereocenters. The maximum Gasteiger partial charge on any atom is 0.265 e. The van der Waals surface area contributed by atoms with Gasteiger partial charge in [-0.3, -0.25) is 14.4 Å². The molecule has 27 heavy (non-hydrogen) atoms. The second-order valence-electron chi connectivity index (χ2n) is 6.35. The van der Waals surface area contributed by atoms with Gasteiger partial charge in [0.25, 0.3) is 5.91 Å². The first-order valence-electron chi connectivity index (χ1n) is 8.66. The van der Waals surface area contributed by atoms with Gasteiger partial charge >= 0.3 is 0 Å². The first kappa shape index (κ1) is 18.4. The predicted octanol–water partition coefficient (Wildman–Crippen LogP) is 2.79. The second-order valence-corrected chi connectivity index (χ2v) is 6.35. The zero-order chi connectivity index (χ0) is 19.4. The topological polar surface area (TPSA) is 87.7 Å². The number of anilines is 3. The average Bonchev–Trinajstić information content (AvgIpc) is 2.74. The van der Waals surface area contributed by atoms with Crippen molar-refractivity contribution in [3.8, 4) is 5.75 Å². The quantitative estimate of drug-likeness (QED) is 0.870. The van der Waals surface area contributed by atoms with Crippen LogP contribution in [0.15, 0.2) is 48.5 Å². The van der Waals surface area contributed by atoms with E-state index in [1.54, 1.807) is 47.4 Å². The summed E-state index contributed by atoms with van der Waals surface area (Å²) >= 11 is 0. The summed E-state index contributed by atoms with van der Waals surface area (Å²) in [5.74, 6) is -0.228. The number of nitrogens with one attached hydrogen (secondary N) is 2. The van der Waals surface area contributed by atoms with Crippen LogP contribution in [0, 0.1) is 0 Å². The molecule has 0 saturated carbocycles. The van der Waals surface area contributed by atoms with Gasteiger partial charge in [-0.1, -0.05) is 24.3 Å². The number of rotatable bonds is 4. The molecular formula is C20H21N3O4. The summed E-state index contributed by atoms with van der Waals surface area (Å²) in [5, 5.41) is 5.49. The van der Waals surface area contributed by atoms with Gasteiger partial charge in [-0.25, -0.2) is 0 Å². The Morgan fingerprint density at radius 3 is 2.67 bits per heavy atom. The molecule has 7 nitrogen and oxygen atoms in total. The van der Waals surface area contributed by atoms with Crippen molar-refractivity contribution in [2.45, 2.75) is 26.3 Å². The van der Waals surface area contributed by atoms with E-state index < -0.39 is 0 Å². The molecule has 2 aromatic rings. The number of hydrogen-bond acceptors (Lipinski definition) is 4. The highest BCUT2D eigenvalue weighted by Crippen LogP contribution is 2.31. The summed E-state index contributed by atoms with van der Waals surface area (Å²) in [4.78, 5) is 37.8. The number of carbonyl (C=O) groups is 3. The third-order valence-corrected chi connectivity index (χ3v) is 4.18. The van der Waals surface area contributed by atoms with Gasteiger partial charge in [-0.15, -0.1) is 0 Å². The van der Waals surface area contributed by atoms with Crippen molar-refractivity contribution in [3.05, 3.63) is 48.5 Å². The second kappa shape index (κ2) is 7.90. The molecule has 0 spiro atoms. The molecule has 0 aromatic heterocycles.